The molecule has 7 nitrogen and oxygen atoms in total. The minimum Gasteiger partial charge on any atom is -0.464 e. The van der Waals surface area contributed by atoms with Gasteiger partial charge >= 0.3 is 5.97 Å². The molecule has 26 heavy (non-hydrogen) atoms. The normalized spacial score (nSPS) is 11.0. The lowest BCUT2D eigenvalue weighted by Crippen LogP contribution is -2.05. The van der Waals surface area contributed by atoms with E-state index in [2.05, 4.69) is 15.3 Å². The van der Waals surface area contributed by atoms with Gasteiger partial charge in [-0.05, 0) is 11.6 Å². The van der Waals surface area contributed by atoms with Crippen LogP contribution in [0.5, 0.6) is 0 Å². The lowest BCUT2D eigenvalue weighted by molar-refractivity contribution is 0.0594. The van der Waals surface area contributed by atoms with Gasteiger partial charge in [0.1, 0.15) is 16.9 Å². The van der Waals surface area contributed by atoms with Crippen LogP contribution in [0.4, 0.5) is 0 Å². The Kier molecular flexibility index (Phi) is 3.96. The van der Waals surface area contributed by atoms with Crippen molar-refractivity contribution in [2.75, 3.05) is 7.11 Å². The van der Waals surface area contributed by atoms with Crippen LogP contribution in [-0.2, 0) is 18.2 Å². The van der Waals surface area contributed by atoms with Gasteiger partial charge in [-0.3, -0.25) is 4.68 Å². The SMILES string of the molecule is COC(=O)c1cc(Cc2ccc(-c3cn(C)nn3)cc2)c2occc2n1. The molecule has 0 aliphatic heterocycles. The summed E-state index contributed by atoms with van der Waals surface area (Å²) in [5.74, 6) is -0.465. The molecule has 0 N–H and O–H groups in total. The summed E-state index contributed by atoms with van der Waals surface area (Å²) in [6.07, 6.45) is 4.05. The fourth-order valence-electron chi connectivity index (χ4n) is 2.86. The lowest BCUT2D eigenvalue weighted by atomic mass is 10.0. The zero-order valence-corrected chi connectivity index (χ0v) is 14.3. The van der Waals surface area contributed by atoms with Crippen molar-refractivity contribution in [3.05, 3.63) is 65.7 Å². The third kappa shape index (κ3) is 2.95. The number of hydrogen-bond donors (Lipinski definition) is 0. The molecule has 0 unspecified atom stereocenters. The molecule has 0 aliphatic rings. The predicted molar refractivity (Wildman–Crippen MR) is 94.6 cm³/mol. The Hall–Kier alpha value is -3.48. The highest BCUT2D eigenvalue weighted by atomic mass is 16.5. The minimum absolute atomic E-state index is 0.271. The highest BCUT2D eigenvalue weighted by Gasteiger charge is 2.15. The molecule has 0 saturated carbocycles. The van der Waals surface area contributed by atoms with Crippen molar-refractivity contribution < 1.29 is 13.9 Å². The number of aryl methyl sites for hydroxylation is 1. The van der Waals surface area contributed by atoms with E-state index in [4.69, 9.17) is 9.15 Å². The maximum absolute atomic E-state index is 11.9. The summed E-state index contributed by atoms with van der Waals surface area (Å²) in [4.78, 5) is 16.1. The van der Waals surface area contributed by atoms with Gasteiger partial charge in [-0.25, -0.2) is 9.78 Å². The Morgan fingerprint density at radius 3 is 2.73 bits per heavy atom. The van der Waals surface area contributed by atoms with Crippen molar-refractivity contribution in [1.82, 2.24) is 20.0 Å². The molecule has 4 rings (SSSR count). The Morgan fingerprint density at radius 2 is 2.04 bits per heavy atom. The lowest BCUT2D eigenvalue weighted by Gasteiger charge is -2.06. The minimum atomic E-state index is -0.465. The van der Waals surface area contributed by atoms with Crippen molar-refractivity contribution in [2.24, 2.45) is 7.05 Å². The number of nitrogens with zero attached hydrogens (tertiary/aromatic N) is 4. The molecule has 3 heterocycles. The summed E-state index contributed by atoms with van der Waals surface area (Å²) >= 11 is 0. The number of esters is 1. The van der Waals surface area contributed by atoms with Crippen molar-refractivity contribution >= 4 is 17.1 Å². The highest BCUT2D eigenvalue weighted by Crippen LogP contribution is 2.24. The summed E-state index contributed by atoms with van der Waals surface area (Å²) in [6, 6.07) is 11.5. The summed E-state index contributed by atoms with van der Waals surface area (Å²) < 4.78 is 12.0. The molecule has 0 bridgehead atoms. The third-order valence-electron chi connectivity index (χ3n) is 4.13. The highest BCUT2D eigenvalue weighted by molar-refractivity contribution is 5.91. The molecule has 0 atom stereocenters. The largest absolute Gasteiger partial charge is 0.464 e. The number of furan rings is 1. The second-order valence-corrected chi connectivity index (χ2v) is 5.94. The number of aromatic nitrogens is 4. The number of benzene rings is 1. The average molecular weight is 348 g/mol. The Labute approximate surface area is 149 Å². The van der Waals surface area contributed by atoms with E-state index in [1.807, 2.05) is 37.5 Å². The Balaban J connectivity index is 1.66. The van der Waals surface area contributed by atoms with Crippen LogP contribution in [0.15, 0.2) is 53.3 Å². The first-order chi connectivity index (χ1) is 12.6. The van der Waals surface area contributed by atoms with Crippen LogP contribution >= 0.6 is 0 Å². The van der Waals surface area contributed by atoms with E-state index in [0.29, 0.717) is 17.5 Å². The van der Waals surface area contributed by atoms with E-state index in [1.54, 1.807) is 23.1 Å². The van der Waals surface area contributed by atoms with Crippen LogP contribution in [0.25, 0.3) is 22.4 Å². The number of fused-ring (bicyclic) bond motifs is 1. The van der Waals surface area contributed by atoms with Gasteiger partial charge < -0.3 is 9.15 Å². The number of hydrogen-bond acceptors (Lipinski definition) is 6. The Morgan fingerprint density at radius 1 is 1.23 bits per heavy atom. The van der Waals surface area contributed by atoms with Gasteiger partial charge in [0.15, 0.2) is 5.58 Å². The summed E-state index contributed by atoms with van der Waals surface area (Å²) in [5, 5.41) is 8.06. The third-order valence-corrected chi connectivity index (χ3v) is 4.13. The summed E-state index contributed by atoms with van der Waals surface area (Å²) in [7, 11) is 3.18. The van der Waals surface area contributed by atoms with E-state index < -0.39 is 5.97 Å². The van der Waals surface area contributed by atoms with Gasteiger partial charge in [-0.15, -0.1) is 5.10 Å². The van der Waals surface area contributed by atoms with Gasteiger partial charge in [0.05, 0.1) is 19.6 Å². The number of methoxy groups -OCH3 is 1. The second kappa shape index (κ2) is 6.44. The zero-order chi connectivity index (χ0) is 18.1. The molecule has 0 saturated heterocycles. The van der Waals surface area contributed by atoms with Crippen molar-refractivity contribution in [1.29, 1.82) is 0 Å². The van der Waals surface area contributed by atoms with Crippen molar-refractivity contribution in [3.8, 4) is 11.3 Å². The van der Waals surface area contributed by atoms with Crippen LogP contribution in [0, 0.1) is 0 Å². The van der Waals surface area contributed by atoms with E-state index in [0.717, 1.165) is 22.4 Å². The second-order valence-electron chi connectivity index (χ2n) is 5.94. The van der Waals surface area contributed by atoms with Crippen LogP contribution < -0.4 is 0 Å². The average Bonchev–Trinajstić information content (AvgIpc) is 3.30. The summed E-state index contributed by atoms with van der Waals surface area (Å²) in [5.41, 5.74) is 5.37. The molecule has 4 aromatic rings. The van der Waals surface area contributed by atoms with Gasteiger partial charge in [-0.2, -0.15) is 0 Å². The van der Waals surface area contributed by atoms with Gasteiger partial charge in [0.2, 0.25) is 0 Å². The number of carbonyl (C=O) groups excluding carboxylic acids is 1. The molecular weight excluding hydrogens is 332 g/mol. The van der Waals surface area contributed by atoms with Crippen LogP contribution in [0.1, 0.15) is 21.6 Å². The van der Waals surface area contributed by atoms with Gasteiger partial charge in [0, 0.05) is 30.7 Å². The predicted octanol–water partition coefficient (Wildman–Crippen LogP) is 3.00. The maximum Gasteiger partial charge on any atom is 0.356 e. The number of pyridine rings is 1. The zero-order valence-electron chi connectivity index (χ0n) is 14.3. The van der Waals surface area contributed by atoms with Gasteiger partial charge in [-0.1, -0.05) is 29.5 Å². The van der Waals surface area contributed by atoms with Crippen LogP contribution in [0.3, 0.4) is 0 Å². The summed E-state index contributed by atoms with van der Waals surface area (Å²) in [6.45, 7) is 0. The molecule has 1 aromatic carbocycles. The molecule has 0 spiro atoms. The van der Waals surface area contributed by atoms with Crippen molar-refractivity contribution in [3.63, 3.8) is 0 Å². The van der Waals surface area contributed by atoms with Crippen LogP contribution in [-0.4, -0.2) is 33.1 Å². The van der Waals surface area contributed by atoms with Crippen molar-refractivity contribution in [2.45, 2.75) is 6.42 Å². The quantitative estimate of drug-likeness (QED) is 0.527. The van der Waals surface area contributed by atoms with E-state index in [1.165, 1.54) is 7.11 Å². The smallest absolute Gasteiger partial charge is 0.356 e. The monoisotopic (exact) mass is 348 g/mol. The van der Waals surface area contributed by atoms with E-state index in [9.17, 15) is 4.79 Å². The van der Waals surface area contributed by atoms with E-state index >= 15 is 0 Å². The molecule has 3 aromatic heterocycles. The molecular formula is C19H16N4O3. The van der Waals surface area contributed by atoms with Crippen LogP contribution in [0.2, 0.25) is 0 Å². The fourth-order valence-corrected chi connectivity index (χ4v) is 2.86. The first-order valence-electron chi connectivity index (χ1n) is 8.05. The topological polar surface area (TPSA) is 83.0 Å². The molecule has 7 heteroatoms. The molecule has 130 valence electrons. The standard InChI is InChI=1S/C19H16N4O3/c1-23-11-17(21-22-23)13-5-3-12(4-6-13)9-14-10-16(19(24)25-2)20-15-7-8-26-18(14)15/h3-8,10-11H,9H2,1-2H3. The molecule has 0 amide bonds. The molecule has 0 aliphatic carbocycles. The maximum atomic E-state index is 11.9. The van der Waals surface area contributed by atoms with E-state index in [-0.39, 0.29) is 5.69 Å². The molecule has 0 fully saturated rings. The first kappa shape index (κ1) is 16.0. The first-order valence-corrected chi connectivity index (χ1v) is 8.05. The van der Waals surface area contributed by atoms with Gasteiger partial charge in [0.25, 0.3) is 0 Å². The Bertz CT molecular complexity index is 1080. The number of rotatable bonds is 4. The number of ether oxygens (including phenoxy) is 1. The number of carbonyl (C=O) groups is 1. The molecule has 0 radical (unpaired) electrons. The fraction of sp³-hybridized carbons (Fsp3) is 0.158.